The molecule has 3 rings (SSSR count). The Bertz CT molecular complexity index is 301. The molecule has 0 aromatic rings. The zero-order valence-electron chi connectivity index (χ0n) is 10.7. The van der Waals surface area contributed by atoms with Crippen molar-refractivity contribution in [2.45, 2.75) is 32.2 Å². The number of hydrogen-bond acceptors (Lipinski definition) is 2. The summed E-state index contributed by atoms with van der Waals surface area (Å²) in [6.07, 6.45) is 3.47. The van der Waals surface area contributed by atoms with Crippen molar-refractivity contribution in [2.75, 3.05) is 32.7 Å². The molecule has 0 aromatic heterocycles. The van der Waals surface area contributed by atoms with E-state index in [1.165, 1.54) is 12.8 Å². The van der Waals surface area contributed by atoms with Crippen molar-refractivity contribution in [3.63, 3.8) is 0 Å². The standard InChI is InChI=1S/C13H23N3O/c1-2-12-11-8-14-7-10(11)9-16(12)13(17)15-5-3-4-6-15/h10-12,14H,2-9H2,1H3. The van der Waals surface area contributed by atoms with Gasteiger partial charge in [0.2, 0.25) is 0 Å². The number of rotatable bonds is 1. The molecule has 3 fully saturated rings. The highest BCUT2D eigenvalue weighted by atomic mass is 16.2. The van der Waals surface area contributed by atoms with Crippen LogP contribution in [0.1, 0.15) is 26.2 Å². The number of fused-ring (bicyclic) bond motifs is 1. The number of nitrogens with one attached hydrogen (secondary N) is 1. The third-order valence-corrected chi connectivity index (χ3v) is 4.76. The average Bonchev–Trinajstić information content (AvgIpc) is 3.03. The molecular formula is C13H23N3O. The van der Waals surface area contributed by atoms with Gasteiger partial charge in [-0.05, 0) is 31.1 Å². The molecule has 0 aliphatic carbocycles. The summed E-state index contributed by atoms with van der Waals surface area (Å²) in [5.41, 5.74) is 0. The van der Waals surface area contributed by atoms with Gasteiger partial charge >= 0.3 is 6.03 Å². The van der Waals surface area contributed by atoms with Crippen LogP contribution in [-0.4, -0.2) is 54.6 Å². The number of likely N-dealkylation sites (tertiary alicyclic amines) is 2. The SMILES string of the molecule is CCC1C2CNCC2CN1C(=O)N1CCCC1. The molecule has 0 saturated carbocycles. The van der Waals surface area contributed by atoms with Crippen LogP contribution in [0, 0.1) is 11.8 Å². The van der Waals surface area contributed by atoms with Crippen molar-refractivity contribution >= 4 is 6.03 Å². The molecule has 17 heavy (non-hydrogen) atoms. The lowest BCUT2D eigenvalue weighted by Crippen LogP contribution is -2.46. The summed E-state index contributed by atoms with van der Waals surface area (Å²) >= 11 is 0. The van der Waals surface area contributed by atoms with Gasteiger partial charge in [-0.1, -0.05) is 6.92 Å². The zero-order valence-corrected chi connectivity index (χ0v) is 10.7. The summed E-state index contributed by atoms with van der Waals surface area (Å²) in [6, 6.07) is 0.784. The maximum Gasteiger partial charge on any atom is 0.320 e. The first kappa shape index (κ1) is 11.3. The van der Waals surface area contributed by atoms with Gasteiger partial charge in [0.25, 0.3) is 0 Å². The minimum Gasteiger partial charge on any atom is -0.325 e. The lowest BCUT2D eigenvalue weighted by molar-refractivity contribution is 0.149. The summed E-state index contributed by atoms with van der Waals surface area (Å²) in [5.74, 6) is 1.40. The monoisotopic (exact) mass is 237 g/mol. The van der Waals surface area contributed by atoms with E-state index in [2.05, 4.69) is 22.0 Å². The van der Waals surface area contributed by atoms with Crippen LogP contribution in [0.5, 0.6) is 0 Å². The topological polar surface area (TPSA) is 35.6 Å². The van der Waals surface area contributed by atoms with Gasteiger partial charge in [-0.2, -0.15) is 0 Å². The fourth-order valence-electron chi connectivity index (χ4n) is 3.86. The number of nitrogens with zero attached hydrogens (tertiary/aromatic N) is 2. The van der Waals surface area contributed by atoms with Crippen LogP contribution in [0.4, 0.5) is 4.79 Å². The van der Waals surface area contributed by atoms with Gasteiger partial charge in [-0.3, -0.25) is 0 Å². The van der Waals surface area contributed by atoms with Gasteiger partial charge in [-0.15, -0.1) is 0 Å². The molecule has 3 heterocycles. The van der Waals surface area contributed by atoms with Gasteiger partial charge in [0.15, 0.2) is 0 Å². The Morgan fingerprint density at radius 3 is 2.76 bits per heavy atom. The zero-order chi connectivity index (χ0) is 11.8. The molecule has 0 bridgehead atoms. The van der Waals surface area contributed by atoms with Gasteiger partial charge < -0.3 is 15.1 Å². The fraction of sp³-hybridized carbons (Fsp3) is 0.923. The second-order valence-electron chi connectivity index (χ2n) is 5.69. The van der Waals surface area contributed by atoms with Crippen LogP contribution in [0.2, 0.25) is 0 Å². The highest BCUT2D eigenvalue weighted by molar-refractivity contribution is 5.75. The van der Waals surface area contributed by atoms with E-state index in [0.717, 1.165) is 39.1 Å². The molecule has 0 aromatic carbocycles. The van der Waals surface area contributed by atoms with Crippen molar-refractivity contribution in [3.05, 3.63) is 0 Å². The van der Waals surface area contributed by atoms with E-state index in [4.69, 9.17) is 0 Å². The Balaban J connectivity index is 1.72. The first-order valence-corrected chi connectivity index (χ1v) is 7.07. The molecule has 1 N–H and O–H groups in total. The highest BCUT2D eigenvalue weighted by Gasteiger charge is 2.46. The molecule has 3 aliphatic heterocycles. The molecule has 0 spiro atoms. The summed E-state index contributed by atoms with van der Waals surface area (Å²) in [6.45, 7) is 7.34. The summed E-state index contributed by atoms with van der Waals surface area (Å²) in [4.78, 5) is 16.7. The van der Waals surface area contributed by atoms with Crippen molar-refractivity contribution in [1.82, 2.24) is 15.1 Å². The van der Waals surface area contributed by atoms with E-state index in [-0.39, 0.29) is 0 Å². The molecule has 3 atom stereocenters. The maximum absolute atomic E-state index is 12.5. The molecule has 4 heteroatoms. The predicted octanol–water partition coefficient (Wildman–Crippen LogP) is 1.13. The quantitative estimate of drug-likeness (QED) is 0.742. The van der Waals surface area contributed by atoms with Crippen LogP contribution in [0.25, 0.3) is 0 Å². The molecule has 2 amide bonds. The second-order valence-corrected chi connectivity index (χ2v) is 5.69. The van der Waals surface area contributed by atoms with Crippen molar-refractivity contribution < 1.29 is 4.79 Å². The number of carbonyl (C=O) groups is 1. The number of carbonyl (C=O) groups excluding carboxylic acids is 1. The van der Waals surface area contributed by atoms with Gasteiger partial charge in [-0.25, -0.2) is 4.79 Å². The summed E-state index contributed by atoms with van der Waals surface area (Å²) in [5, 5.41) is 3.47. The molecule has 3 unspecified atom stereocenters. The summed E-state index contributed by atoms with van der Waals surface area (Å²) < 4.78 is 0. The third kappa shape index (κ3) is 1.82. The molecule has 96 valence electrons. The third-order valence-electron chi connectivity index (χ3n) is 4.76. The second kappa shape index (κ2) is 4.48. The van der Waals surface area contributed by atoms with E-state index in [9.17, 15) is 4.79 Å². The smallest absolute Gasteiger partial charge is 0.320 e. The van der Waals surface area contributed by atoms with Crippen LogP contribution in [0.15, 0.2) is 0 Å². The van der Waals surface area contributed by atoms with Crippen molar-refractivity contribution in [1.29, 1.82) is 0 Å². The van der Waals surface area contributed by atoms with Crippen molar-refractivity contribution in [3.8, 4) is 0 Å². The minimum absolute atomic E-state index is 0.309. The van der Waals surface area contributed by atoms with Gasteiger partial charge in [0.1, 0.15) is 0 Å². The van der Waals surface area contributed by atoms with E-state index in [1.54, 1.807) is 0 Å². The van der Waals surface area contributed by atoms with E-state index in [0.29, 0.717) is 23.9 Å². The van der Waals surface area contributed by atoms with E-state index in [1.807, 2.05) is 0 Å². The minimum atomic E-state index is 0.309. The Labute approximate surface area is 103 Å². The Hall–Kier alpha value is -0.770. The molecule has 3 saturated heterocycles. The maximum atomic E-state index is 12.5. The van der Waals surface area contributed by atoms with Crippen molar-refractivity contribution in [2.24, 2.45) is 11.8 Å². The Morgan fingerprint density at radius 1 is 1.29 bits per heavy atom. The van der Waals surface area contributed by atoms with Gasteiger partial charge in [0, 0.05) is 38.8 Å². The number of hydrogen-bond donors (Lipinski definition) is 1. The number of urea groups is 1. The van der Waals surface area contributed by atoms with Crippen LogP contribution in [0.3, 0.4) is 0 Å². The largest absolute Gasteiger partial charge is 0.325 e. The molecular weight excluding hydrogens is 214 g/mol. The van der Waals surface area contributed by atoms with E-state index < -0.39 is 0 Å². The average molecular weight is 237 g/mol. The normalized spacial score (nSPS) is 36.6. The highest BCUT2D eigenvalue weighted by Crippen LogP contribution is 2.35. The van der Waals surface area contributed by atoms with Crippen LogP contribution < -0.4 is 5.32 Å². The van der Waals surface area contributed by atoms with E-state index >= 15 is 0 Å². The first-order chi connectivity index (χ1) is 8.31. The molecule has 3 aliphatic rings. The Kier molecular flexibility index (Phi) is 2.99. The summed E-state index contributed by atoms with van der Waals surface area (Å²) in [7, 11) is 0. The first-order valence-electron chi connectivity index (χ1n) is 7.07. The Morgan fingerprint density at radius 2 is 2.06 bits per heavy atom. The molecule has 4 nitrogen and oxygen atoms in total. The predicted molar refractivity (Wildman–Crippen MR) is 66.8 cm³/mol. The van der Waals surface area contributed by atoms with Crippen LogP contribution in [-0.2, 0) is 0 Å². The lowest BCUT2D eigenvalue weighted by Gasteiger charge is -2.30. The van der Waals surface area contributed by atoms with Crippen LogP contribution >= 0.6 is 0 Å². The van der Waals surface area contributed by atoms with Gasteiger partial charge in [0.05, 0.1) is 0 Å². The molecule has 0 radical (unpaired) electrons. The lowest BCUT2D eigenvalue weighted by atomic mass is 9.93. The fourth-order valence-corrected chi connectivity index (χ4v) is 3.86. The number of amides is 2.